The van der Waals surface area contributed by atoms with Gasteiger partial charge in [0.15, 0.2) is 11.2 Å². The van der Waals surface area contributed by atoms with E-state index >= 15 is 0 Å². The first-order valence-corrected chi connectivity index (χ1v) is 15.6. The van der Waals surface area contributed by atoms with Gasteiger partial charge in [0, 0.05) is 44.6 Å². The SMILES string of the molecule is NCCOCCOCCOCCOCCNC(=O)CCC(=O)NCCCCn1nc(-c2ccc3oc(N)nc3c2)c2c(N)ncnc21. The first-order valence-electron chi connectivity index (χ1n) is 15.6. The van der Waals surface area contributed by atoms with Crippen molar-refractivity contribution >= 4 is 45.8 Å². The molecule has 0 saturated heterocycles. The summed E-state index contributed by atoms with van der Waals surface area (Å²) in [5.41, 5.74) is 20.4. The molecule has 0 radical (unpaired) electrons. The van der Waals surface area contributed by atoms with E-state index in [1.807, 2.05) is 12.1 Å². The Hall–Kier alpha value is -4.42. The Labute approximate surface area is 271 Å². The lowest BCUT2D eigenvalue weighted by atomic mass is 10.1. The van der Waals surface area contributed by atoms with Gasteiger partial charge in [-0.1, -0.05) is 0 Å². The van der Waals surface area contributed by atoms with Gasteiger partial charge in [-0.3, -0.25) is 9.59 Å². The highest BCUT2D eigenvalue weighted by molar-refractivity contribution is 5.99. The zero-order valence-electron chi connectivity index (χ0n) is 26.4. The molecule has 4 aromatic rings. The fraction of sp³-hybridized carbons (Fsp3) is 0.533. The summed E-state index contributed by atoms with van der Waals surface area (Å²) in [6.45, 7) is 5.56. The number of benzene rings is 1. The molecule has 256 valence electrons. The van der Waals surface area contributed by atoms with Crippen molar-refractivity contribution in [1.82, 2.24) is 35.4 Å². The Bertz CT molecular complexity index is 1560. The highest BCUT2D eigenvalue weighted by Crippen LogP contribution is 2.32. The predicted molar refractivity (Wildman–Crippen MR) is 174 cm³/mol. The molecule has 47 heavy (non-hydrogen) atoms. The molecule has 0 spiro atoms. The number of fused-ring (bicyclic) bond motifs is 2. The Kier molecular flexibility index (Phi) is 14.5. The van der Waals surface area contributed by atoms with E-state index in [0.29, 0.717) is 119 Å². The largest absolute Gasteiger partial charge is 0.424 e. The summed E-state index contributed by atoms with van der Waals surface area (Å²) in [5, 5.41) is 11.0. The molecule has 17 heteroatoms. The van der Waals surface area contributed by atoms with E-state index in [-0.39, 0.29) is 30.7 Å². The number of carbonyl (C=O) groups is 2. The van der Waals surface area contributed by atoms with E-state index in [9.17, 15) is 9.59 Å². The maximum atomic E-state index is 12.2. The van der Waals surface area contributed by atoms with E-state index in [4.69, 9.17) is 45.7 Å². The van der Waals surface area contributed by atoms with E-state index in [1.165, 1.54) is 6.33 Å². The number of amides is 2. The van der Waals surface area contributed by atoms with Gasteiger partial charge < -0.3 is 51.2 Å². The summed E-state index contributed by atoms with van der Waals surface area (Å²) in [5.74, 6) is -0.0674. The van der Waals surface area contributed by atoms with Crippen molar-refractivity contribution in [2.75, 3.05) is 84.0 Å². The van der Waals surface area contributed by atoms with Crippen LogP contribution in [0.4, 0.5) is 11.8 Å². The van der Waals surface area contributed by atoms with Crippen LogP contribution in [0.2, 0.25) is 0 Å². The number of carbonyl (C=O) groups excluding carboxylic acids is 2. The molecule has 0 saturated carbocycles. The number of ether oxygens (including phenoxy) is 4. The normalized spacial score (nSPS) is 11.4. The Balaban J connectivity index is 1.05. The molecular formula is C30H44N10O7. The lowest BCUT2D eigenvalue weighted by molar-refractivity contribution is -0.126. The molecular weight excluding hydrogens is 612 g/mol. The number of nitrogens with two attached hydrogens (primary N) is 3. The molecule has 0 unspecified atom stereocenters. The molecule has 0 bridgehead atoms. The molecule has 0 fully saturated rings. The molecule has 17 nitrogen and oxygen atoms in total. The van der Waals surface area contributed by atoms with E-state index < -0.39 is 0 Å². The van der Waals surface area contributed by atoms with Crippen molar-refractivity contribution in [3.8, 4) is 11.3 Å². The van der Waals surface area contributed by atoms with Crippen LogP contribution in [0.3, 0.4) is 0 Å². The van der Waals surface area contributed by atoms with Gasteiger partial charge in [-0.25, -0.2) is 14.6 Å². The van der Waals surface area contributed by atoms with Crippen molar-refractivity contribution in [1.29, 1.82) is 0 Å². The summed E-state index contributed by atoms with van der Waals surface area (Å²) in [6.07, 6.45) is 3.04. The number of rotatable bonds is 23. The highest BCUT2D eigenvalue weighted by Gasteiger charge is 2.18. The number of anilines is 2. The van der Waals surface area contributed by atoms with E-state index in [1.54, 1.807) is 10.7 Å². The van der Waals surface area contributed by atoms with Crippen LogP contribution in [0.1, 0.15) is 25.7 Å². The number of nitrogen functional groups attached to an aromatic ring is 2. The number of hydrogen-bond acceptors (Lipinski definition) is 14. The molecule has 4 rings (SSSR count). The van der Waals surface area contributed by atoms with Gasteiger partial charge in [0.2, 0.25) is 11.8 Å². The summed E-state index contributed by atoms with van der Waals surface area (Å²) in [6, 6.07) is 5.56. The van der Waals surface area contributed by atoms with Crippen LogP contribution < -0.4 is 27.8 Å². The maximum Gasteiger partial charge on any atom is 0.292 e. The van der Waals surface area contributed by atoms with Gasteiger partial charge in [0.1, 0.15) is 23.4 Å². The van der Waals surface area contributed by atoms with Crippen LogP contribution in [0.15, 0.2) is 28.9 Å². The first-order chi connectivity index (χ1) is 23.0. The van der Waals surface area contributed by atoms with Crippen molar-refractivity contribution in [2.24, 2.45) is 5.73 Å². The van der Waals surface area contributed by atoms with Crippen LogP contribution >= 0.6 is 0 Å². The van der Waals surface area contributed by atoms with Gasteiger partial charge >= 0.3 is 0 Å². The second kappa shape index (κ2) is 19.3. The van der Waals surface area contributed by atoms with Gasteiger partial charge in [-0.2, -0.15) is 10.1 Å². The van der Waals surface area contributed by atoms with Gasteiger partial charge in [-0.05, 0) is 31.0 Å². The van der Waals surface area contributed by atoms with Crippen molar-refractivity contribution in [2.45, 2.75) is 32.2 Å². The minimum Gasteiger partial charge on any atom is -0.424 e. The molecule has 8 N–H and O–H groups in total. The van der Waals surface area contributed by atoms with Crippen molar-refractivity contribution < 1.29 is 33.0 Å². The van der Waals surface area contributed by atoms with E-state index in [2.05, 4.69) is 25.6 Å². The summed E-state index contributed by atoms with van der Waals surface area (Å²) in [7, 11) is 0. The molecule has 3 aromatic heterocycles. The second-order valence-corrected chi connectivity index (χ2v) is 10.4. The first kappa shape index (κ1) is 35.4. The van der Waals surface area contributed by atoms with Gasteiger partial charge in [0.25, 0.3) is 6.01 Å². The minimum atomic E-state index is -0.207. The molecule has 0 aliphatic heterocycles. The lowest BCUT2D eigenvalue weighted by Gasteiger charge is -2.08. The average molecular weight is 657 g/mol. The smallest absolute Gasteiger partial charge is 0.292 e. The van der Waals surface area contributed by atoms with E-state index in [0.717, 1.165) is 12.0 Å². The van der Waals surface area contributed by atoms with Crippen LogP contribution in [0.5, 0.6) is 0 Å². The van der Waals surface area contributed by atoms with Crippen LogP contribution in [-0.4, -0.2) is 109 Å². The zero-order chi connectivity index (χ0) is 33.3. The lowest BCUT2D eigenvalue weighted by Crippen LogP contribution is -2.30. The number of nitrogens with zero attached hydrogens (tertiary/aromatic N) is 5. The van der Waals surface area contributed by atoms with Gasteiger partial charge in [-0.15, -0.1) is 0 Å². The number of aryl methyl sites for hydroxylation is 1. The minimum absolute atomic E-state index is 0.0879. The fourth-order valence-corrected chi connectivity index (χ4v) is 4.61. The Morgan fingerprint density at radius 1 is 0.830 bits per heavy atom. The summed E-state index contributed by atoms with van der Waals surface area (Å²) in [4.78, 5) is 37.0. The van der Waals surface area contributed by atoms with Crippen LogP contribution in [0, 0.1) is 0 Å². The standard InChI is InChI=1S/C30H44N10O7/c31-7-11-43-13-15-45-17-18-46-16-14-44-12-9-35-25(42)6-5-24(41)34-8-1-2-10-40-29-26(28(32)36-20-37-29)27(39-40)21-3-4-23-22(19-21)38-30(33)47-23/h3-4,19-20H,1-2,5-18,31H2,(H2,33,38)(H,34,41)(H,35,42)(H2,32,36,37). The second-order valence-electron chi connectivity index (χ2n) is 10.4. The number of oxazole rings is 1. The molecule has 1 aromatic carbocycles. The Morgan fingerprint density at radius 2 is 1.49 bits per heavy atom. The van der Waals surface area contributed by atoms with Crippen LogP contribution in [-0.2, 0) is 35.1 Å². The molecule has 2 amide bonds. The molecule has 0 aliphatic carbocycles. The summed E-state index contributed by atoms with van der Waals surface area (Å²) >= 11 is 0. The molecule has 0 aliphatic rings. The fourth-order valence-electron chi connectivity index (χ4n) is 4.61. The maximum absolute atomic E-state index is 12.2. The van der Waals surface area contributed by atoms with Gasteiger partial charge in [0.05, 0.1) is 58.2 Å². The Morgan fingerprint density at radius 3 is 2.19 bits per heavy atom. The number of aromatic nitrogens is 5. The monoisotopic (exact) mass is 656 g/mol. The topological polar surface area (TPSA) is 243 Å². The predicted octanol–water partition coefficient (Wildman–Crippen LogP) is 0.617. The third-order valence-corrected chi connectivity index (χ3v) is 6.88. The molecule has 3 heterocycles. The quantitative estimate of drug-likeness (QED) is 0.0688. The number of hydrogen-bond donors (Lipinski definition) is 5. The molecule has 0 atom stereocenters. The zero-order valence-corrected chi connectivity index (χ0v) is 26.4. The van der Waals surface area contributed by atoms with Crippen molar-refractivity contribution in [3.05, 3.63) is 24.5 Å². The van der Waals surface area contributed by atoms with Crippen LogP contribution in [0.25, 0.3) is 33.4 Å². The number of nitrogens with one attached hydrogen (secondary N) is 2. The average Bonchev–Trinajstić information content (AvgIpc) is 3.63. The van der Waals surface area contributed by atoms with Crippen molar-refractivity contribution in [3.63, 3.8) is 0 Å². The third kappa shape index (κ3) is 11.4. The highest BCUT2D eigenvalue weighted by atomic mass is 16.6. The summed E-state index contributed by atoms with van der Waals surface area (Å²) < 4.78 is 28.6. The number of unbranched alkanes of at least 4 members (excludes halogenated alkanes) is 1. The third-order valence-electron chi connectivity index (χ3n) is 6.88.